The molecular weight excluding hydrogens is 1200 g/mol. The van der Waals surface area contributed by atoms with Crippen LogP contribution in [0.3, 0.4) is 0 Å². The Morgan fingerprint density at radius 3 is 2.14 bits per heavy atom. The molecule has 1 aromatic heterocycles. The zero-order chi connectivity index (χ0) is 63.5. The molecule has 2 aliphatic carbocycles. The fourth-order valence-corrected chi connectivity index (χ4v) is 12.4. The van der Waals surface area contributed by atoms with Gasteiger partial charge in [0, 0.05) is 31.4 Å². The lowest BCUT2D eigenvalue weighted by Crippen LogP contribution is -2.67. The molecule has 6 unspecified atom stereocenters. The van der Waals surface area contributed by atoms with E-state index in [1.54, 1.807) is 0 Å². The smallest absolute Gasteiger partial charge is 0.332 e. The number of carboxylic acid groups (broad SMARTS) is 1. The highest BCUT2D eigenvalue weighted by Gasteiger charge is 2.53. The number of aromatic nitrogens is 2. The van der Waals surface area contributed by atoms with E-state index in [0.717, 1.165) is 62.4 Å². The van der Waals surface area contributed by atoms with Crippen LogP contribution in [0.25, 0.3) is 10.8 Å². The van der Waals surface area contributed by atoms with Crippen molar-refractivity contribution in [2.75, 3.05) is 46.6 Å². The third-order valence-corrected chi connectivity index (χ3v) is 17.5. The molecule has 0 radical (unpaired) electrons. The Bertz CT molecular complexity index is 3220. The van der Waals surface area contributed by atoms with Crippen molar-refractivity contribution in [2.45, 2.75) is 173 Å². The van der Waals surface area contributed by atoms with E-state index in [4.69, 9.17) is 33.2 Å². The molecule has 484 valence electrons. The summed E-state index contributed by atoms with van der Waals surface area (Å²) in [4.78, 5) is 94.3. The summed E-state index contributed by atoms with van der Waals surface area (Å²) in [6.45, 7) is -0.794. The van der Waals surface area contributed by atoms with Crippen LogP contribution in [-0.4, -0.2) is 228 Å². The van der Waals surface area contributed by atoms with Gasteiger partial charge in [0.25, 0.3) is 31.7 Å². The Balaban J connectivity index is 1.01. The zero-order valence-corrected chi connectivity index (χ0v) is 49.1. The summed E-state index contributed by atoms with van der Waals surface area (Å²) in [5.41, 5.74) is -2.38. The predicted molar refractivity (Wildman–Crippen MR) is 297 cm³/mol. The van der Waals surface area contributed by atoms with E-state index in [1.807, 2.05) is 4.98 Å². The molecule has 3 aromatic rings. The lowest BCUT2D eigenvalue weighted by molar-refractivity contribution is -0.335. The van der Waals surface area contributed by atoms with Gasteiger partial charge in [-0.25, -0.2) is 9.59 Å². The maximum atomic E-state index is 14.3. The van der Waals surface area contributed by atoms with Crippen LogP contribution in [0, 0.1) is 11.8 Å². The number of fused-ring (bicyclic) bond motifs is 1. The van der Waals surface area contributed by atoms with Gasteiger partial charge >= 0.3 is 11.7 Å². The number of aromatic amines is 2. The quantitative estimate of drug-likeness (QED) is 0.0255. The van der Waals surface area contributed by atoms with Gasteiger partial charge in [0.15, 0.2) is 24.5 Å². The van der Waals surface area contributed by atoms with Crippen molar-refractivity contribution in [3.63, 3.8) is 0 Å². The van der Waals surface area contributed by atoms with Crippen molar-refractivity contribution in [2.24, 2.45) is 11.8 Å². The molecule has 33 heteroatoms. The minimum atomic E-state index is -4.80. The molecule has 2 aliphatic heterocycles. The first kappa shape index (κ1) is 68.9. The summed E-state index contributed by atoms with van der Waals surface area (Å²) in [5.74, 6) is -4.94. The molecule has 31 nitrogen and oxygen atoms in total. The first-order chi connectivity index (χ1) is 41.1. The van der Waals surface area contributed by atoms with Crippen molar-refractivity contribution in [1.82, 2.24) is 25.9 Å². The van der Waals surface area contributed by atoms with Crippen LogP contribution in [0.15, 0.2) is 55.8 Å². The fraction of sp³-hybridized carbons (Fsp3) is 0.648. The van der Waals surface area contributed by atoms with E-state index in [0.29, 0.717) is 0 Å². The normalized spacial score (nSPS) is 28.6. The molecule has 2 saturated carbocycles. The summed E-state index contributed by atoms with van der Waals surface area (Å²) in [7, 11) is -8.03. The second kappa shape index (κ2) is 30.8. The minimum absolute atomic E-state index is 0.00141. The standard InChI is InChI=1S/C54H75N5O26S2/c1-26-44(65)46(67)47(68)53(81-26)85-48-35(57-50(69)36-22-41(63)59-54(72)58-36)20-30(21-38(48)83-52-43(55-2)49(45(66)40(23-60)84-52)82-39(51(70)71)15-27-7-4-3-5-8-27)37(62)9-6-12-56-42(64)25-80-14-13-79-24-31(61)16-28-18-33(87(76,77)78)19-29-17-32(86(73,74)75)10-11-34(28)29/h10-11,17-19,22,26-27,30,35,38-40,43-49,52-53,55,60,65-68H,3-9,12-16,20-21,23-25H2,1-2H3,(H,56,64)(H,57,69)(H,70,71)(H,73,74,75)(H,76,77,78)(H2,58,59,63,72)/t26?,30?,35?,38-,39+,40+,43?,44-,45+,46+,47?,48-,49?,52-,53+/m1/s1. The molecule has 2 aromatic carbocycles. The molecule has 15 atom stereocenters. The van der Waals surface area contributed by atoms with Gasteiger partial charge in [-0.15, -0.1) is 0 Å². The number of Topliss-reactive ketones (excluding diaryl/α,β-unsaturated/α-hetero) is 2. The van der Waals surface area contributed by atoms with Crippen LogP contribution >= 0.6 is 0 Å². The summed E-state index contributed by atoms with van der Waals surface area (Å²) < 4.78 is 108. The summed E-state index contributed by atoms with van der Waals surface area (Å²) >= 11 is 0. The second-order valence-electron chi connectivity index (χ2n) is 22.1. The molecule has 3 heterocycles. The molecule has 13 N–H and O–H groups in total. The van der Waals surface area contributed by atoms with E-state index in [-0.39, 0.29) is 74.1 Å². The number of ketones is 2. The number of carbonyl (C=O) groups excluding carboxylic acids is 4. The topological polar surface area (TPSA) is 482 Å². The van der Waals surface area contributed by atoms with Crippen LogP contribution in [-0.2, 0) is 79.0 Å². The second-order valence-corrected chi connectivity index (χ2v) is 24.9. The van der Waals surface area contributed by atoms with Gasteiger partial charge in [-0.05, 0) is 86.2 Å². The van der Waals surface area contributed by atoms with Crippen molar-refractivity contribution < 1.29 is 114 Å². The van der Waals surface area contributed by atoms with Crippen molar-refractivity contribution in [3.8, 4) is 0 Å². The van der Waals surface area contributed by atoms with Crippen molar-refractivity contribution in [1.29, 1.82) is 0 Å². The average molecular weight is 1270 g/mol. The first-order valence-electron chi connectivity index (χ1n) is 28.3. The predicted octanol–water partition coefficient (Wildman–Crippen LogP) is -2.40. The van der Waals surface area contributed by atoms with Crippen molar-refractivity contribution >= 4 is 60.4 Å². The van der Waals surface area contributed by atoms with E-state index in [2.05, 4.69) is 20.9 Å². The summed E-state index contributed by atoms with van der Waals surface area (Å²) in [5, 5.41) is 73.4. The van der Waals surface area contributed by atoms with Crippen molar-refractivity contribution in [3.05, 3.63) is 68.5 Å². The van der Waals surface area contributed by atoms with Gasteiger partial charge in [0.2, 0.25) is 5.91 Å². The minimum Gasteiger partial charge on any atom is -0.479 e. The number of hydrogen-bond acceptors (Lipinski definition) is 24. The molecule has 4 aliphatic rings. The number of nitrogens with one attached hydrogen (secondary N) is 5. The molecule has 4 fully saturated rings. The molecular formula is C54H75N5O26S2. The summed E-state index contributed by atoms with van der Waals surface area (Å²) in [6.07, 6.45) is -15.1. The fourth-order valence-electron chi connectivity index (χ4n) is 11.3. The number of carboxylic acids is 1. The van der Waals surface area contributed by atoms with Gasteiger partial charge in [0.05, 0.1) is 53.9 Å². The Hall–Kier alpha value is -5.57. The Kier molecular flexibility index (Phi) is 24.4. The highest BCUT2D eigenvalue weighted by molar-refractivity contribution is 7.86. The Labute approximate surface area is 498 Å². The molecule has 0 bridgehead atoms. The van der Waals surface area contributed by atoms with E-state index in [1.165, 1.54) is 20.0 Å². The third-order valence-electron chi connectivity index (χ3n) is 15.8. The number of benzene rings is 2. The van der Waals surface area contributed by atoms with E-state index >= 15 is 0 Å². The monoisotopic (exact) mass is 1270 g/mol. The SMILES string of the molecule is CNC1C(O[C@@H](CC2CCCCC2)C(=O)O)[C@@H](O)[C@H](CO)O[C@H]1O[C@@H]1CC(C(=O)CCCNC(=O)COCCOCC(=O)Cc2cc(S(=O)(=O)O)cc3cc(S(=O)(=O)O)ccc23)CC(NC(=O)c2cc(=O)[nH]c(=O)[nH]2)[C@H]1O[C@@H]1OC(C)[C@@H](O)[C@H](O)C1O. The molecule has 2 saturated heterocycles. The number of H-pyrrole nitrogens is 2. The number of aliphatic hydroxyl groups excluding tert-OH is 5. The van der Waals surface area contributed by atoms with Crippen LogP contribution in [0.1, 0.15) is 87.2 Å². The number of amides is 2. The number of hydrogen-bond donors (Lipinski definition) is 13. The summed E-state index contributed by atoms with van der Waals surface area (Å²) in [6, 6.07) is 3.55. The highest BCUT2D eigenvalue weighted by Crippen LogP contribution is 2.38. The van der Waals surface area contributed by atoms with Crippen LogP contribution in [0.5, 0.6) is 0 Å². The highest BCUT2D eigenvalue weighted by atomic mass is 32.2. The number of ether oxygens (including phenoxy) is 7. The zero-order valence-electron chi connectivity index (χ0n) is 47.5. The van der Waals surface area contributed by atoms with Gasteiger partial charge in [-0.1, -0.05) is 38.2 Å². The first-order valence-corrected chi connectivity index (χ1v) is 31.2. The van der Waals surface area contributed by atoms with Gasteiger partial charge in [-0.2, -0.15) is 16.8 Å². The maximum absolute atomic E-state index is 14.3. The van der Waals surface area contributed by atoms with Gasteiger partial charge in [-0.3, -0.25) is 38.1 Å². The molecule has 7 rings (SSSR count). The van der Waals surface area contributed by atoms with Gasteiger partial charge < -0.3 is 84.7 Å². The lowest BCUT2D eigenvalue weighted by atomic mass is 9.78. The molecule has 87 heavy (non-hydrogen) atoms. The number of rotatable bonds is 29. The number of aliphatic hydroxyl groups is 5. The number of aliphatic carboxylic acids is 1. The van der Waals surface area contributed by atoms with Crippen LogP contribution in [0.2, 0.25) is 0 Å². The molecule has 2 amide bonds. The van der Waals surface area contributed by atoms with E-state index in [9.17, 15) is 90.1 Å². The van der Waals surface area contributed by atoms with Crippen LogP contribution in [0.4, 0.5) is 0 Å². The molecule has 0 spiro atoms. The maximum Gasteiger partial charge on any atom is 0.332 e. The number of likely N-dealkylation sites (N-methyl/N-ethyl adjacent to an activating group) is 1. The largest absolute Gasteiger partial charge is 0.479 e. The average Bonchev–Trinajstić information content (AvgIpc) is 3.17. The Morgan fingerprint density at radius 2 is 1.48 bits per heavy atom. The van der Waals surface area contributed by atoms with Gasteiger partial charge in [0.1, 0.15) is 67.4 Å². The lowest BCUT2D eigenvalue weighted by Gasteiger charge is -2.49. The Morgan fingerprint density at radius 1 is 0.793 bits per heavy atom. The van der Waals surface area contributed by atoms with E-state index < -0.39 is 194 Å². The van der Waals surface area contributed by atoms with Crippen LogP contribution < -0.4 is 27.2 Å². The third kappa shape index (κ3) is 18.5. The number of carbonyl (C=O) groups is 5.